The van der Waals surface area contributed by atoms with Crippen LogP contribution in [-0.4, -0.2) is 8.42 Å². The highest BCUT2D eigenvalue weighted by atomic mass is 32.2. The molecule has 5 heteroatoms. The van der Waals surface area contributed by atoms with Gasteiger partial charge in [-0.3, -0.25) is 0 Å². The third kappa shape index (κ3) is 3.59. The Morgan fingerprint density at radius 3 is 2.15 bits per heavy atom. The van der Waals surface area contributed by atoms with Crippen molar-refractivity contribution in [1.29, 1.82) is 0 Å². The lowest BCUT2D eigenvalue weighted by molar-refractivity contribution is 0.598. The lowest BCUT2D eigenvalue weighted by Gasteiger charge is -2.18. The monoisotopic (exact) mass is 290 g/mol. The van der Waals surface area contributed by atoms with Crippen LogP contribution in [0.1, 0.15) is 24.9 Å². The van der Waals surface area contributed by atoms with Gasteiger partial charge < -0.3 is 5.32 Å². The van der Waals surface area contributed by atoms with E-state index in [1.54, 1.807) is 12.1 Å². The summed E-state index contributed by atoms with van der Waals surface area (Å²) in [6, 6.07) is 16.8. The van der Waals surface area contributed by atoms with Crippen molar-refractivity contribution in [3.8, 4) is 0 Å². The number of sulfonamides is 1. The number of hydrogen-bond acceptors (Lipinski definition) is 3. The number of hydrogen-bond donors (Lipinski definition) is 2. The first-order chi connectivity index (χ1) is 9.50. The van der Waals surface area contributed by atoms with Gasteiger partial charge in [0.15, 0.2) is 0 Å². The first-order valence-electron chi connectivity index (χ1n) is 6.45. The SMILES string of the molecule is CCC(Nc1ccc(S(N)(=O)=O)cc1)c1ccccc1. The average molecular weight is 290 g/mol. The van der Waals surface area contributed by atoms with Crippen LogP contribution in [0.3, 0.4) is 0 Å². The summed E-state index contributed by atoms with van der Waals surface area (Å²) in [5.41, 5.74) is 2.07. The van der Waals surface area contributed by atoms with Crippen molar-refractivity contribution >= 4 is 15.7 Å². The van der Waals surface area contributed by atoms with Gasteiger partial charge in [-0.25, -0.2) is 13.6 Å². The van der Waals surface area contributed by atoms with Crippen LogP contribution in [0.5, 0.6) is 0 Å². The van der Waals surface area contributed by atoms with Crippen molar-refractivity contribution in [2.75, 3.05) is 5.32 Å². The Morgan fingerprint density at radius 2 is 1.65 bits per heavy atom. The molecular formula is C15H18N2O2S. The molecule has 0 saturated heterocycles. The maximum absolute atomic E-state index is 11.2. The minimum atomic E-state index is -3.63. The van der Waals surface area contributed by atoms with Crippen molar-refractivity contribution in [2.24, 2.45) is 5.14 Å². The van der Waals surface area contributed by atoms with Gasteiger partial charge in [0.05, 0.1) is 10.9 Å². The van der Waals surface area contributed by atoms with E-state index in [9.17, 15) is 8.42 Å². The first kappa shape index (κ1) is 14.6. The molecule has 0 aliphatic rings. The maximum atomic E-state index is 11.2. The number of nitrogens with two attached hydrogens (primary N) is 1. The van der Waals surface area contributed by atoms with Crippen LogP contribution in [0.25, 0.3) is 0 Å². The van der Waals surface area contributed by atoms with Crippen molar-refractivity contribution in [3.05, 3.63) is 60.2 Å². The van der Waals surface area contributed by atoms with Crippen LogP contribution >= 0.6 is 0 Å². The molecule has 2 aromatic rings. The van der Waals surface area contributed by atoms with Crippen molar-refractivity contribution in [2.45, 2.75) is 24.3 Å². The molecule has 4 nitrogen and oxygen atoms in total. The van der Waals surface area contributed by atoms with Gasteiger partial charge in [0, 0.05) is 5.69 Å². The van der Waals surface area contributed by atoms with Crippen LogP contribution in [0.15, 0.2) is 59.5 Å². The molecule has 1 atom stereocenters. The molecule has 0 aromatic heterocycles. The summed E-state index contributed by atoms with van der Waals surface area (Å²) >= 11 is 0. The van der Waals surface area contributed by atoms with E-state index in [4.69, 9.17) is 5.14 Å². The van der Waals surface area contributed by atoms with E-state index < -0.39 is 10.0 Å². The third-order valence-electron chi connectivity index (χ3n) is 3.13. The van der Waals surface area contributed by atoms with E-state index in [1.165, 1.54) is 17.7 Å². The minimum Gasteiger partial charge on any atom is -0.378 e. The van der Waals surface area contributed by atoms with Gasteiger partial charge in [0.25, 0.3) is 0 Å². The van der Waals surface area contributed by atoms with E-state index in [0.29, 0.717) is 0 Å². The summed E-state index contributed by atoms with van der Waals surface area (Å²) in [5, 5.41) is 8.47. The summed E-state index contributed by atoms with van der Waals surface area (Å²) in [4.78, 5) is 0.121. The quantitative estimate of drug-likeness (QED) is 0.889. The van der Waals surface area contributed by atoms with Gasteiger partial charge in [-0.2, -0.15) is 0 Å². The lowest BCUT2D eigenvalue weighted by atomic mass is 10.0. The van der Waals surface area contributed by atoms with Gasteiger partial charge in [-0.1, -0.05) is 37.3 Å². The standard InChI is InChI=1S/C15H18N2O2S/c1-2-15(12-6-4-3-5-7-12)17-13-8-10-14(11-9-13)20(16,18)19/h3-11,15,17H,2H2,1H3,(H2,16,18,19). The number of primary sulfonamides is 1. The second kappa shape index (κ2) is 6.07. The smallest absolute Gasteiger partial charge is 0.238 e. The van der Waals surface area contributed by atoms with Crippen molar-refractivity contribution in [3.63, 3.8) is 0 Å². The van der Waals surface area contributed by atoms with Gasteiger partial charge in [-0.15, -0.1) is 0 Å². The Kier molecular flexibility index (Phi) is 4.42. The topological polar surface area (TPSA) is 72.2 Å². The van der Waals surface area contributed by atoms with Crippen LogP contribution < -0.4 is 10.5 Å². The molecule has 0 saturated carbocycles. The number of anilines is 1. The largest absolute Gasteiger partial charge is 0.378 e. The zero-order chi connectivity index (χ0) is 14.6. The lowest BCUT2D eigenvalue weighted by Crippen LogP contribution is -2.13. The molecule has 0 bridgehead atoms. The maximum Gasteiger partial charge on any atom is 0.238 e. The Hall–Kier alpha value is -1.85. The van der Waals surface area contributed by atoms with E-state index in [-0.39, 0.29) is 10.9 Å². The van der Waals surface area contributed by atoms with Gasteiger partial charge in [0.1, 0.15) is 0 Å². The van der Waals surface area contributed by atoms with E-state index in [2.05, 4.69) is 24.4 Å². The predicted octanol–water partition coefficient (Wildman–Crippen LogP) is 2.90. The molecule has 1 unspecified atom stereocenters. The molecule has 0 heterocycles. The van der Waals surface area contributed by atoms with Crippen LogP contribution in [0.2, 0.25) is 0 Å². The molecular weight excluding hydrogens is 272 g/mol. The molecule has 20 heavy (non-hydrogen) atoms. The van der Waals surface area contributed by atoms with Gasteiger partial charge in [0.2, 0.25) is 10.0 Å². The molecule has 0 aliphatic carbocycles. The second-order valence-electron chi connectivity index (χ2n) is 4.59. The van der Waals surface area contributed by atoms with Gasteiger partial charge in [-0.05, 0) is 36.2 Å². The summed E-state index contributed by atoms with van der Waals surface area (Å²) in [7, 11) is -3.63. The van der Waals surface area contributed by atoms with E-state index in [0.717, 1.165) is 12.1 Å². The third-order valence-corrected chi connectivity index (χ3v) is 4.06. The molecule has 0 fully saturated rings. The summed E-state index contributed by atoms with van der Waals surface area (Å²) in [6.07, 6.45) is 0.932. The van der Waals surface area contributed by atoms with Crippen LogP contribution in [0, 0.1) is 0 Å². The highest BCUT2D eigenvalue weighted by Crippen LogP contribution is 2.23. The Balaban J connectivity index is 2.17. The molecule has 106 valence electrons. The van der Waals surface area contributed by atoms with Gasteiger partial charge >= 0.3 is 0 Å². The number of nitrogens with one attached hydrogen (secondary N) is 1. The molecule has 2 rings (SSSR count). The van der Waals surface area contributed by atoms with Crippen molar-refractivity contribution < 1.29 is 8.42 Å². The fourth-order valence-electron chi connectivity index (χ4n) is 2.05. The van der Waals surface area contributed by atoms with Crippen LogP contribution in [0.4, 0.5) is 5.69 Å². The fraction of sp³-hybridized carbons (Fsp3) is 0.200. The Labute approximate surface area is 119 Å². The molecule has 0 aliphatic heterocycles. The number of benzene rings is 2. The van der Waals surface area contributed by atoms with E-state index >= 15 is 0 Å². The summed E-state index contributed by atoms with van der Waals surface area (Å²) < 4.78 is 22.4. The number of rotatable bonds is 5. The molecule has 0 amide bonds. The normalized spacial score (nSPS) is 12.9. The second-order valence-corrected chi connectivity index (χ2v) is 6.15. The Bertz CT molecular complexity index is 652. The fourth-order valence-corrected chi connectivity index (χ4v) is 2.56. The van der Waals surface area contributed by atoms with E-state index in [1.807, 2.05) is 18.2 Å². The molecule has 3 N–H and O–H groups in total. The Morgan fingerprint density at radius 1 is 1.05 bits per heavy atom. The first-order valence-corrected chi connectivity index (χ1v) is 7.99. The van der Waals surface area contributed by atoms with Crippen molar-refractivity contribution in [1.82, 2.24) is 0 Å². The zero-order valence-electron chi connectivity index (χ0n) is 11.3. The highest BCUT2D eigenvalue weighted by molar-refractivity contribution is 7.89. The average Bonchev–Trinajstić information content (AvgIpc) is 2.45. The molecule has 0 radical (unpaired) electrons. The minimum absolute atomic E-state index is 0.121. The summed E-state index contributed by atoms with van der Waals surface area (Å²) in [6.45, 7) is 2.10. The highest BCUT2D eigenvalue weighted by Gasteiger charge is 2.10. The zero-order valence-corrected chi connectivity index (χ0v) is 12.1. The molecule has 2 aromatic carbocycles. The van der Waals surface area contributed by atoms with Crippen LogP contribution in [-0.2, 0) is 10.0 Å². The molecule has 0 spiro atoms. The predicted molar refractivity (Wildman–Crippen MR) is 80.9 cm³/mol. The summed E-state index contributed by atoms with van der Waals surface area (Å²) in [5.74, 6) is 0.